The molecule has 4 heteroatoms. The smallest absolute Gasteiger partial charge is 0.137 e. The summed E-state index contributed by atoms with van der Waals surface area (Å²) in [6.45, 7) is 1.96. The molecule has 0 aromatic heterocycles. The molecule has 1 unspecified atom stereocenters. The van der Waals surface area contributed by atoms with Crippen molar-refractivity contribution in [1.82, 2.24) is 0 Å². The number of hydrogen-bond acceptors (Lipinski definition) is 2. The molecular formula is C15H15Cl2NO. The van der Waals surface area contributed by atoms with Crippen LogP contribution in [0.15, 0.2) is 36.4 Å². The standard InChI is InChI=1S/C15H15Cl2NO/c1-9-7-10(3-5-12(9)16)15(18)11-4-6-14(19-2)13(17)8-11/h3-8,15H,18H2,1-2H3. The topological polar surface area (TPSA) is 35.2 Å². The Morgan fingerprint density at radius 2 is 1.63 bits per heavy atom. The van der Waals surface area contributed by atoms with Crippen LogP contribution < -0.4 is 10.5 Å². The van der Waals surface area contributed by atoms with Gasteiger partial charge in [0, 0.05) is 5.02 Å². The average molecular weight is 296 g/mol. The third-order valence-corrected chi connectivity index (χ3v) is 3.80. The van der Waals surface area contributed by atoms with E-state index in [1.165, 1.54) is 0 Å². The van der Waals surface area contributed by atoms with E-state index in [0.717, 1.165) is 21.7 Å². The summed E-state index contributed by atoms with van der Waals surface area (Å²) in [5.41, 5.74) is 9.20. The molecule has 0 saturated heterocycles. The molecule has 1 atom stereocenters. The van der Waals surface area contributed by atoms with E-state index >= 15 is 0 Å². The first-order valence-corrected chi connectivity index (χ1v) is 6.63. The van der Waals surface area contributed by atoms with Gasteiger partial charge in [0.1, 0.15) is 5.75 Å². The molecule has 0 amide bonds. The first kappa shape index (κ1) is 14.2. The quantitative estimate of drug-likeness (QED) is 0.913. The van der Waals surface area contributed by atoms with E-state index in [0.29, 0.717) is 10.8 Å². The van der Waals surface area contributed by atoms with E-state index in [1.54, 1.807) is 7.11 Å². The third-order valence-electron chi connectivity index (χ3n) is 3.08. The van der Waals surface area contributed by atoms with Crippen LogP contribution in [0.25, 0.3) is 0 Å². The summed E-state index contributed by atoms with van der Waals surface area (Å²) in [5.74, 6) is 0.643. The summed E-state index contributed by atoms with van der Waals surface area (Å²) in [6.07, 6.45) is 0. The highest BCUT2D eigenvalue weighted by Crippen LogP contribution is 2.30. The van der Waals surface area contributed by atoms with Gasteiger partial charge in [0.15, 0.2) is 0 Å². The van der Waals surface area contributed by atoms with E-state index in [-0.39, 0.29) is 6.04 Å². The second-order valence-electron chi connectivity index (χ2n) is 4.38. The predicted molar refractivity (Wildman–Crippen MR) is 80.2 cm³/mol. The maximum Gasteiger partial charge on any atom is 0.137 e. The Hall–Kier alpha value is -1.22. The minimum Gasteiger partial charge on any atom is -0.495 e. The second-order valence-corrected chi connectivity index (χ2v) is 5.19. The molecule has 2 aromatic carbocycles. The Kier molecular flexibility index (Phi) is 4.35. The van der Waals surface area contributed by atoms with Crippen molar-refractivity contribution in [2.75, 3.05) is 7.11 Å². The zero-order valence-electron chi connectivity index (χ0n) is 10.8. The van der Waals surface area contributed by atoms with Crippen LogP contribution in [0, 0.1) is 6.92 Å². The van der Waals surface area contributed by atoms with Crippen molar-refractivity contribution >= 4 is 23.2 Å². The molecular weight excluding hydrogens is 281 g/mol. The fourth-order valence-corrected chi connectivity index (χ4v) is 2.31. The Labute approximate surface area is 123 Å². The van der Waals surface area contributed by atoms with Crippen LogP contribution in [-0.2, 0) is 0 Å². The van der Waals surface area contributed by atoms with Crippen LogP contribution in [0.4, 0.5) is 0 Å². The van der Waals surface area contributed by atoms with Crippen LogP contribution in [0.2, 0.25) is 10.0 Å². The fourth-order valence-electron chi connectivity index (χ4n) is 1.93. The van der Waals surface area contributed by atoms with Crippen molar-refractivity contribution in [1.29, 1.82) is 0 Å². The third kappa shape index (κ3) is 3.03. The van der Waals surface area contributed by atoms with Crippen molar-refractivity contribution in [2.45, 2.75) is 13.0 Å². The molecule has 0 aliphatic heterocycles. The molecule has 19 heavy (non-hydrogen) atoms. The van der Waals surface area contributed by atoms with Gasteiger partial charge in [-0.25, -0.2) is 0 Å². The second kappa shape index (κ2) is 5.83. The number of rotatable bonds is 3. The highest BCUT2D eigenvalue weighted by atomic mass is 35.5. The molecule has 100 valence electrons. The minimum absolute atomic E-state index is 0.237. The highest BCUT2D eigenvalue weighted by Gasteiger charge is 2.12. The Morgan fingerprint density at radius 3 is 2.21 bits per heavy atom. The zero-order chi connectivity index (χ0) is 14.0. The lowest BCUT2D eigenvalue weighted by Gasteiger charge is -2.15. The van der Waals surface area contributed by atoms with Gasteiger partial charge in [-0.05, 0) is 41.8 Å². The van der Waals surface area contributed by atoms with E-state index in [2.05, 4.69) is 0 Å². The SMILES string of the molecule is COc1ccc(C(N)c2ccc(Cl)c(C)c2)cc1Cl. The summed E-state index contributed by atoms with van der Waals surface area (Å²) in [5, 5.41) is 1.30. The summed E-state index contributed by atoms with van der Waals surface area (Å²) < 4.78 is 5.13. The van der Waals surface area contributed by atoms with Gasteiger partial charge in [0.2, 0.25) is 0 Å². The largest absolute Gasteiger partial charge is 0.495 e. The van der Waals surface area contributed by atoms with Crippen LogP contribution in [-0.4, -0.2) is 7.11 Å². The molecule has 2 nitrogen and oxygen atoms in total. The lowest BCUT2D eigenvalue weighted by atomic mass is 9.98. The number of methoxy groups -OCH3 is 1. The monoisotopic (exact) mass is 295 g/mol. The van der Waals surface area contributed by atoms with Gasteiger partial charge in [-0.15, -0.1) is 0 Å². The van der Waals surface area contributed by atoms with Gasteiger partial charge in [0.25, 0.3) is 0 Å². The van der Waals surface area contributed by atoms with Crippen LogP contribution >= 0.6 is 23.2 Å². The normalized spacial score (nSPS) is 12.3. The van der Waals surface area contributed by atoms with Crippen molar-refractivity contribution in [3.05, 3.63) is 63.1 Å². The van der Waals surface area contributed by atoms with E-state index < -0.39 is 0 Å². The van der Waals surface area contributed by atoms with Gasteiger partial charge in [-0.2, -0.15) is 0 Å². The lowest BCUT2D eigenvalue weighted by Crippen LogP contribution is -2.12. The number of benzene rings is 2. The molecule has 2 aromatic rings. The summed E-state index contributed by atoms with van der Waals surface area (Å²) >= 11 is 12.1. The Morgan fingerprint density at radius 1 is 1.00 bits per heavy atom. The Bertz CT molecular complexity index is 599. The minimum atomic E-state index is -0.237. The van der Waals surface area contributed by atoms with Crippen molar-refractivity contribution in [3.63, 3.8) is 0 Å². The van der Waals surface area contributed by atoms with E-state index in [1.807, 2.05) is 43.3 Å². The molecule has 0 spiro atoms. The first-order valence-electron chi connectivity index (χ1n) is 5.88. The van der Waals surface area contributed by atoms with Crippen LogP contribution in [0.1, 0.15) is 22.7 Å². The van der Waals surface area contributed by atoms with Gasteiger partial charge < -0.3 is 10.5 Å². The average Bonchev–Trinajstić information content (AvgIpc) is 2.41. The molecule has 2 N–H and O–H groups in total. The van der Waals surface area contributed by atoms with Gasteiger partial charge in [-0.3, -0.25) is 0 Å². The lowest BCUT2D eigenvalue weighted by molar-refractivity contribution is 0.415. The molecule has 0 aliphatic carbocycles. The van der Waals surface area contributed by atoms with Crippen molar-refractivity contribution < 1.29 is 4.74 Å². The fraction of sp³-hybridized carbons (Fsp3) is 0.200. The van der Waals surface area contributed by atoms with Crippen LogP contribution in [0.5, 0.6) is 5.75 Å². The number of halogens is 2. The molecule has 0 saturated carbocycles. The molecule has 0 aliphatic rings. The molecule has 0 fully saturated rings. The maximum atomic E-state index is 6.25. The molecule has 0 heterocycles. The molecule has 0 bridgehead atoms. The Balaban J connectivity index is 2.35. The van der Waals surface area contributed by atoms with Crippen LogP contribution in [0.3, 0.4) is 0 Å². The number of nitrogens with two attached hydrogens (primary N) is 1. The summed E-state index contributed by atoms with van der Waals surface area (Å²) in [4.78, 5) is 0. The molecule has 0 radical (unpaired) electrons. The van der Waals surface area contributed by atoms with E-state index in [4.69, 9.17) is 33.7 Å². The summed E-state index contributed by atoms with van der Waals surface area (Å²) in [7, 11) is 1.59. The summed E-state index contributed by atoms with van der Waals surface area (Å²) in [6, 6.07) is 11.1. The van der Waals surface area contributed by atoms with Crippen molar-refractivity contribution in [3.8, 4) is 5.75 Å². The zero-order valence-corrected chi connectivity index (χ0v) is 12.3. The van der Waals surface area contributed by atoms with Gasteiger partial charge in [-0.1, -0.05) is 41.4 Å². The van der Waals surface area contributed by atoms with Crippen molar-refractivity contribution in [2.24, 2.45) is 5.73 Å². The molecule has 2 rings (SSSR count). The maximum absolute atomic E-state index is 6.25. The first-order chi connectivity index (χ1) is 9.02. The number of ether oxygens (including phenoxy) is 1. The predicted octanol–water partition coefficient (Wildman–Crippen LogP) is 4.36. The number of hydrogen-bond donors (Lipinski definition) is 1. The number of aryl methyl sites for hydroxylation is 1. The van der Waals surface area contributed by atoms with Gasteiger partial charge >= 0.3 is 0 Å². The van der Waals surface area contributed by atoms with Gasteiger partial charge in [0.05, 0.1) is 18.2 Å². The van der Waals surface area contributed by atoms with E-state index in [9.17, 15) is 0 Å². The highest BCUT2D eigenvalue weighted by molar-refractivity contribution is 6.32.